The molecule has 0 bridgehead atoms. The predicted octanol–water partition coefficient (Wildman–Crippen LogP) is 4.64. The maximum absolute atomic E-state index is 12.9. The Hall–Kier alpha value is -3.80. The molecule has 0 saturated carbocycles. The van der Waals surface area contributed by atoms with Crippen molar-refractivity contribution in [1.82, 2.24) is 5.32 Å². The molecule has 3 rings (SSSR count). The molecule has 0 spiro atoms. The summed E-state index contributed by atoms with van der Waals surface area (Å²) in [6.07, 6.45) is 0. The Labute approximate surface area is 181 Å². The average Bonchev–Trinajstić information content (AvgIpc) is 2.78. The van der Waals surface area contributed by atoms with Gasteiger partial charge in [0.25, 0.3) is 5.91 Å². The fourth-order valence-electron chi connectivity index (χ4n) is 3.05. The summed E-state index contributed by atoms with van der Waals surface area (Å²) in [6.45, 7) is 4.40. The minimum absolute atomic E-state index is 0.203. The molecule has 31 heavy (non-hydrogen) atoms. The minimum atomic E-state index is -0.985. The van der Waals surface area contributed by atoms with Crippen molar-refractivity contribution < 1.29 is 24.2 Å². The molecule has 1 atom stereocenters. The van der Waals surface area contributed by atoms with Crippen molar-refractivity contribution in [2.24, 2.45) is 0 Å². The van der Waals surface area contributed by atoms with Crippen LogP contribution in [0, 0.1) is 6.92 Å². The van der Waals surface area contributed by atoms with E-state index in [1.807, 2.05) is 50.2 Å². The molecule has 0 fully saturated rings. The fourth-order valence-corrected chi connectivity index (χ4v) is 3.05. The highest BCUT2D eigenvalue weighted by molar-refractivity contribution is 5.97. The lowest BCUT2D eigenvalue weighted by Gasteiger charge is -2.17. The number of benzene rings is 3. The van der Waals surface area contributed by atoms with Crippen LogP contribution in [0.4, 0.5) is 0 Å². The number of carbonyl (C=O) groups is 2. The molecule has 0 aliphatic rings. The van der Waals surface area contributed by atoms with Gasteiger partial charge >= 0.3 is 5.97 Å². The number of carboxylic acids is 1. The molecular formula is C25H25NO5. The molecule has 6 heteroatoms. The van der Waals surface area contributed by atoms with Crippen molar-refractivity contribution in [3.63, 3.8) is 0 Å². The lowest BCUT2D eigenvalue weighted by molar-refractivity contribution is 0.0696. The highest BCUT2D eigenvalue weighted by atomic mass is 16.5. The zero-order valence-corrected chi connectivity index (χ0v) is 17.5. The van der Waals surface area contributed by atoms with Crippen LogP contribution in [0.25, 0.3) is 0 Å². The quantitative estimate of drug-likeness (QED) is 0.494. The Morgan fingerprint density at radius 3 is 2.29 bits per heavy atom. The highest BCUT2D eigenvalue weighted by Gasteiger charge is 2.17. The number of aromatic carboxylic acids is 1. The van der Waals surface area contributed by atoms with Gasteiger partial charge in [0.2, 0.25) is 0 Å². The summed E-state index contributed by atoms with van der Waals surface area (Å²) in [5, 5.41) is 12.0. The Kier molecular flexibility index (Phi) is 7.27. The maximum atomic E-state index is 12.9. The predicted molar refractivity (Wildman–Crippen MR) is 118 cm³/mol. The van der Waals surface area contributed by atoms with Crippen LogP contribution in [0.1, 0.15) is 44.8 Å². The van der Waals surface area contributed by atoms with E-state index < -0.39 is 5.97 Å². The normalized spacial score (nSPS) is 11.4. The van der Waals surface area contributed by atoms with Gasteiger partial charge in [0.15, 0.2) is 0 Å². The van der Waals surface area contributed by atoms with Gasteiger partial charge in [-0.25, -0.2) is 4.79 Å². The largest absolute Gasteiger partial charge is 0.490 e. The molecule has 0 aromatic heterocycles. The number of hydrogen-bond donors (Lipinski definition) is 2. The zero-order valence-electron chi connectivity index (χ0n) is 17.5. The second-order valence-electron chi connectivity index (χ2n) is 7.13. The van der Waals surface area contributed by atoms with E-state index in [1.165, 1.54) is 12.1 Å². The standard InChI is InChI=1S/C25H25NO5/c1-17-8-13-23(31-15-14-30-21-6-4-3-5-7-21)22(16-17)24(27)26-18(2)19-9-11-20(12-10-19)25(28)29/h3-13,16,18H,14-15H2,1-2H3,(H,26,27)(H,28,29)/t18-/m0/s1. The second-order valence-corrected chi connectivity index (χ2v) is 7.13. The van der Waals surface area contributed by atoms with Crippen molar-refractivity contribution in [2.75, 3.05) is 13.2 Å². The molecule has 0 aliphatic carbocycles. The first kappa shape index (κ1) is 21.9. The number of ether oxygens (including phenoxy) is 2. The topological polar surface area (TPSA) is 84.9 Å². The van der Waals surface area contributed by atoms with Crippen molar-refractivity contribution in [3.05, 3.63) is 95.1 Å². The van der Waals surface area contributed by atoms with Crippen LogP contribution in [-0.4, -0.2) is 30.2 Å². The molecule has 2 N–H and O–H groups in total. The number of rotatable bonds is 9. The van der Waals surface area contributed by atoms with Gasteiger partial charge in [-0.2, -0.15) is 0 Å². The van der Waals surface area contributed by atoms with E-state index in [1.54, 1.807) is 24.3 Å². The van der Waals surface area contributed by atoms with Crippen LogP contribution >= 0.6 is 0 Å². The van der Waals surface area contributed by atoms with Crippen molar-refractivity contribution >= 4 is 11.9 Å². The minimum Gasteiger partial charge on any atom is -0.490 e. The number of carboxylic acid groups (broad SMARTS) is 1. The summed E-state index contributed by atoms with van der Waals surface area (Å²) in [4.78, 5) is 23.9. The van der Waals surface area contributed by atoms with Gasteiger partial charge in [0, 0.05) is 0 Å². The van der Waals surface area contributed by atoms with E-state index in [0.717, 1.165) is 16.9 Å². The summed E-state index contributed by atoms with van der Waals surface area (Å²) in [6, 6.07) is 21.0. The van der Waals surface area contributed by atoms with E-state index in [4.69, 9.17) is 14.6 Å². The third-order valence-corrected chi connectivity index (χ3v) is 4.74. The van der Waals surface area contributed by atoms with Gasteiger partial charge in [-0.15, -0.1) is 0 Å². The Morgan fingerprint density at radius 2 is 1.61 bits per heavy atom. The Morgan fingerprint density at radius 1 is 0.935 bits per heavy atom. The molecule has 0 unspecified atom stereocenters. The van der Waals surface area contributed by atoms with Gasteiger partial charge in [0.1, 0.15) is 24.7 Å². The van der Waals surface area contributed by atoms with Crippen LogP contribution in [0.3, 0.4) is 0 Å². The van der Waals surface area contributed by atoms with E-state index in [0.29, 0.717) is 24.5 Å². The number of hydrogen-bond acceptors (Lipinski definition) is 4. The number of carbonyl (C=O) groups excluding carboxylic acids is 1. The summed E-state index contributed by atoms with van der Waals surface area (Å²) in [5.74, 6) is -0.0116. The van der Waals surface area contributed by atoms with Crippen molar-refractivity contribution in [3.8, 4) is 11.5 Å². The summed E-state index contributed by atoms with van der Waals surface area (Å²) in [7, 11) is 0. The highest BCUT2D eigenvalue weighted by Crippen LogP contribution is 2.22. The number of para-hydroxylation sites is 1. The smallest absolute Gasteiger partial charge is 0.335 e. The van der Waals surface area contributed by atoms with Gasteiger partial charge < -0.3 is 19.9 Å². The van der Waals surface area contributed by atoms with Crippen molar-refractivity contribution in [2.45, 2.75) is 19.9 Å². The molecule has 0 heterocycles. The van der Waals surface area contributed by atoms with E-state index in [-0.39, 0.29) is 17.5 Å². The molecule has 1 amide bonds. The number of amides is 1. The molecule has 0 aliphatic heterocycles. The first-order valence-corrected chi connectivity index (χ1v) is 9.99. The van der Waals surface area contributed by atoms with E-state index in [2.05, 4.69) is 5.32 Å². The van der Waals surface area contributed by atoms with Gasteiger partial charge in [-0.1, -0.05) is 42.0 Å². The Bertz CT molecular complexity index is 1030. The molecular weight excluding hydrogens is 394 g/mol. The molecule has 6 nitrogen and oxygen atoms in total. The Balaban J connectivity index is 1.63. The van der Waals surface area contributed by atoms with E-state index in [9.17, 15) is 9.59 Å². The lowest BCUT2D eigenvalue weighted by atomic mass is 10.0. The fraction of sp³-hybridized carbons (Fsp3) is 0.200. The number of aryl methyl sites for hydroxylation is 1. The second kappa shape index (κ2) is 10.3. The van der Waals surface area contributed by atoms with Gasteiger partial charge in [-0.3, -0.25) is 4.79 Å². The van der Waals surface area contributed by atoms with Gasteiger partial charge in [-0.05, 0) is 55.8 Å². The van der Waals surface area contributed by atoms with Crippen LogP contribution in [-0.2, 0) is 0 Å². The maximum Gasteiger partial charge on any atom is 0.335 e. The van der Waals surface area contributed by atoms with Crippen LogP contribution in [0.2, 0.25) is 0 Å². The van der Waals surface area contributed by atoms with E-state index >= 15 is 0 Å². The monoisotopic (exact) mass is 419 g/mol. The molecule has 3 aromatic carbocycles. The van der Waals surface area contributed by atoms with Crippen molar-refractivity contribution in [1.29, 1.82) is 0 Å². The third kappa shape index (κ3) is 6.09. The molecule has 0 radical (unpaired) electrons. The molecule has 0 saturated heterocycles. The SMILES string of the molecule is Cc1ccc(OCCOc2ccccc2)c(C(=O)N[C@@H](C)c2ccc(C(=O)O)cc2)c1. The summed E-state index contributed by atoms with van der Waals surface area (Å²) >= 11 is 0. The van der Waals surface area contributed by atoms with Crippen LogP contribution in [0.5, 0.6) is 11.5 Å². The first-order valence-electron chi connectivity index (χ1n) is 9.99. The summed E-state index contributed by atoms with van der Waals surface area (Å²) in [5.41, 5.74) is 2.39. The zero-order chi connectivity index (χ0) is 22.2. The molecule has 3 aromatic rings. The third-order valence-electron chi connectivity index (χ3n) is 4.74. The lowest BCUT2D eigenvalue weighted by Crippen LogP contribution is -2.27. The molecule has 160 valence electrons. The summed E-state index contributed by atoms with van der Waals surface area (Å²) < 4.78 is 11.4. The van der Waals surface area contributed by atoms with Crippen LogP contribution in [0.15, 0.2) is 72.8 Å². The van der Waals surface area contributed by atoms with Gasteiger partial charge in [0.05, 0.1) is 17.2 Å². The first-order chi connectivity index (χ1) is 14.9. The number of nitrogens with one attached hydrogen (secondary N) is 1. The average molecular weight is 419 g/mol. The van der Waals surface area contributed by atoms with Crippen LogP contribution < -0.4 is 14.8 Å².